The summed E-state index contributed by atoms with van der Waals surface area (Å²) < 4.78 is 2.03. The lowest BCUT2D eigenvalue weighted by atomic mass is 10.1. The summed E-state index contributed by atoms with van der Waals surface area (Å²) in [6, 6.07) is 2.08. The number of aromatic nitrogens is 3. The smallest absolute Gasteiger partial charge is 0.222 e. The molecule has 0 spiro atoms. The minimum atomic E-state index is -0.0862. The van der Waals surface area contributed by atoms with Crippen LogP contribution >= 0.6 is 22.7 Å². The Morgan fingerprint density at radius 3 is 2.80 bits per heavy atom. The predicted molar refractivity (Wildman–Crippen MR) is 102 cm³/mol. The van der Waals surface area contributed by atoms with Crippen molar-refractivity contribution in [2.75, 3.05) is 0 Å². The third-order valence-corrected chi connectivity index (χ3v) is 5.92. The fourth-order valence-corrected chi connectivity index (χ4v) is 4.38. The second kappa shape index (κ2) is 7.93. The van der Waals surface area contributed by atoms with Gasteiger partial charge in [-0.15, -0.1) is 11.3 Å². The van der Waals surface area contributed by atoms with Crippen LogP contribution in [0.1, 0.15) is 47.5 Å². The molecule has 0 aliphatic rings. The molecule has 0 bridgehead atoms. The second-order valence-corrected chi connectivity index (χ2v) is 7.89. The Labute approximate surface area is 155 Å². The molecule has 0 unspecified atom stereocenters. The van der Waals surface area contributed by atoms with Crippen LogP contribution in [0.3, 0.4) is 0 Å². The van der Waals surface area contributed by atoms with E-state index in [1.165, 1.54) is 5.56 Å². The molecule has 0 fully saturated rings. The number of thiophene rings is 1. The van der Waals surface area contributed by atoms with Crippen molar-refractivity contribution in [3.63, 3.8) is 0 Å². The van der Waals surface area contributed by atoms with E-state index < -0.39 is 0 Å². The normalized spacial score (nSPS) is 13.6. The van der Waals surface area contributed by atoms with Gasteiger partial charge in [0.2, 0.25) is 5.91 Å². The molecule has 0 aliphatic heterocycles. The summed E-state index contributed by atoms with van der Waals surface area (Å²) in [6.07, 6.45) is 4.87. The molecule has 25 heavy (non-hydrogen) atoms. The molecule has 3 rings (SSSR count). The Hall–Kier alpha value is -1.99. The fraction of sp³-hybridized carbons (Fsp3) is 0.389. The highest BCUT2D eigenvalue weighted by atomic mass is 32.1. The summed E-state index contributed by atoms with van der Waals surface area (Å²) in [5.74, 6) is 0.958. The summed E-state index contributed by atoms with van der Waals surface area (Å²) in [5.41, 5.74) is 2.22. The third-order valence-electron chi connectivity index (χ3n) is 4.11. The first kappa shape index (κ1) is 17.8. The molecule has 0 aromatic carbocycles. The molecule has 7 heteroatoms. The number of hydrogen-bond donors (Lipinski definition) is 1. The van der Waals surface area contributed by atoms with E-state index in [1.807, 2.05) is 36.9 Å². The summed E-state index contributed by atoms with van der Waals surface area (Å²) in [5, 5.41) is 10.3. The van der Waals surface area contributed by atoms with Gasteiger partial charge in [-0.25, -0.2) is 9.97 Å². The van der Waals surface area contributed by atoms with Gasteiger partial charge < -0.3 is 9.88 Å². The molecule has 132 valence electrons. The van der Waals surface area contributed by atoms with Crippen LogP contribution in [0.4, 0.5) is 0 Å². The van der Waals surface area contributed by atoms with Crippen LogP contribution < -0.4 is 5.32 Å². The zero-order valence-corrected chi connectivity index (χ0v) is 16.2. The monoisotopic (exact) mass is 374 g/mol. The fourth-order valence-electron chi connectivity index (χ4n) is 2.85. The van der Waals surface area contributed by atoms with Crippen LogP contribution in [0.2, 0.25) is 0 Å². The van der Waals surface area contributed by atoms with Crippen molar-refractivity contribution in [1.29, 1.82) is 0 Å². The number of nitrogens with zero attached hydrogens (tertiary/aromatic N) is 3. The third kappa shape index (κ3) is 4.55. The van der Waals surface area contributed by atoms with E-state index in [2.05, 4.69) is 32.1 Å². The van der Waals surface area contributed by atoms with E-state index in [0.29, 0.717) is 6.42 Å². The number of aryl methyl sites for hydroxylation is 2. The maximum Gasteiger partial charge on any atom is 0.222 e. The van der Waals surface area contributed by atoms with Crippen LogP contribution in [0.15, 0.2) is 34.6 Å². The molecule has 3 aromatic heterocycles. The highest BCUT2D eigenvalue weighted by Crippen LogP contribution is 2.24. The highest BCUT2D eigenvalue weighted by molar-refractivity contribution is 7.09. The van der Waals surface area contributed by atoms with Gasteiger partial charge in [-0.3, -0.25) is 4.79 Å². The Morgan fingerprint density at radius 1 is 1.36 bits per heavy atom. The lowest BCUT2D eigenvalue weighted by Gasteiger charge is -2.19. The van der Waals surface area contributed by atoms with Crippen molar-refractivity contribution in [2.45, 2.75) is 45.7 Å². The number of rotatable bonds is 7. The van der Waals surface area contributed by atoms with Crippen LogP contribution in [-0.2, 0) is 11.2 Å². The molecular weight excluding hydrogens is 352 g/mol. The van der Waals surface area contributed by atoms with Crippen LogP contribution in [0.5, 0.6) is 0 Å². The van der Waals surface area contributed by atoms with E-state index in [4.69, 9.17) is 0 Å². The number of imidazole rings is 1. The molecule has 0 saturated carbocycles. The standard InChI is InChI=1S/C18H22N4OS2/c1-12-10-25-18(20-12)16(9-15-4-7-24-11-15)21-17(23)8-13(2)22-6-5-19-14(22)3/h4-7,10-11,13,16H,8-9H2,1-3H3,(H,21,23)/t13-,16-/m0/s1. The molecular formula is C18H22N4OS2. The van der Waals surface area contributed by atoms with Gasteiger partial charge in [-0.1, -0.05) is 0 Å². The Morgan fingerprint density at radius 2 is 2.20 bits per heavy atom. The maximum atomic E-state index is 12.6. The van der Waals surface area contributed by atoms with Gasteiger partial charge in [0.15, 0.2) is 0 Å². The van der Waals surface area contributed by atoms with E-state index in [-0.39, 0.29) is 18.0 Å². The van der Waals surface area contributed by atoms with Gasteiger partial charge in [0.05, 0.1) is 6.04 Å². The lowest BCUT2D eigenvalue weighted by molar-refractivity contribution is -0.122. The van der Waals surface area contributed by atoms with Gasteiger partial charge in [0.25, 0.3) is 0 Å². The molecule has 1 amide bonds. The highest BCUT2D eigenvalue weighted by Gasteiger charge is 2.20. The van der Waals surface area contributed by atoms with Gasteiger partial charge in [-0.05, 0) is 43.2 Å². The van der Waals surface area contributed by atoms with Crippen molar-refractivity contribution in [3.8, 4) is 0 Å². The quantitative estimate of drug-likeness (QED) is 0.678. The van der Waals surface area contributed by atoms with Crippen LogP contribution in [0, 0.1) is 13.8 Å². The molecule has 0 saturated heterocycles. The summed E-state index contributed by atoms with van der Waals surface area (Å²) in [6.45, 7) is 5.97. The van der Waals surface area contributed by atoms with Gasteiger partial charge in [0, 0.05) is 42.4 Å². The van der Waals surface area contributed by atoms with Gasteiger partial charge in [-0.2, -0.15) is 11.3 Å². The average molecular weight is 375 g/mol. The number of carbonyl (C=O) groups excluding carboxylic acids is 1. The summed E-state index contributed by atoms with van der Waals surface area (Å²) in [7, 11) is 0. The number of carbonyl (C=O) groups is 1. The first-order valence-corrected chi connectivity index (χ1v) is 10.1. The molecule has 3 aromatic rings. The van der Waals surface area contributed by atoms with Crippen molar-refractivity contribution in [3.05, 3.63) is 56.7 Å². The molecule has 5 nitrogen and oxygen atoms in total. The van der Waals surface area contributed by atoms with E-state index in [9.17, 15) is 4.79 Å². The number of thiazole rings is 1. The predicted octanol–water partition coefficient (Wildman–Crippen LogP) is 4.07. The first-order chi connectivity index (χ1) is 12.0. The summed E-state index contributed by atoms with van der Waals surface area (Å²) in [4.78, 5) is 21.4. The van der Waals surface area contributed by atoms with E-state index in [0.717, 1.165) is 22.9 Å². The average Bonchev–Trinajstić information content (AvgIpc) is 3.28. The molecule has 1 N–H and O–H groups in total. The van der Waals surface area contributed by atoms with Crippen molar-refractivity contribution >= 4 is 28.6 Å². The van der Waals surface area contributed by atoms with Crippen molar-refractivity contribution in [1.82, 2.24) is 19.9 Å². The molecule has 2 atom stereocenters. The zero-order valence-electron chi connectivity index (χ0n) is 14.6. The topological polar surface area (TPSA) is 59.8 Å². The van der Waals surface area contributed by atoms with Crippen molar-refractivity contribution in [2.24, 2.45) is 0 Å². The SMILES string of the molecule is Cc1csc([C@H](Cc2ccsc2)NC(=O)C[C@H](C)n2ccnc2C)n1. The van der Waals surface area contributed by atoms with Gasteiger partial charge >= 0.3 is 0 Å². The van der Waals surface area contributed by atoms with E-state index in [1.54, 1.807) is 28.9 Å². The number of nitrogens with one attached hydrogen (secondary N) is 1. The van der Waals surface area contributed by atoms with Gasteiger partial charge in [0.1, 0.15) is 10.8 Å². The van der Waals surface area contributed by atoms with Crippen LogP contribution in [0.25, 0.3) is 0 Å². The Bertz CT molecular complexity index is 822. The number of hydrogen-bond acceptors (Lipinski definition) is 5. The number of amides is 1. The molecule has 3 heterocycles. The Kier molecular flexibility index (Phi) is 5.65. The molecule has 0 aliphatic carbocycles. The van der Waals surface area contributed by atoms with E-state index >= 15 is 0 Å². The first-order valence-electron chi connectivity index (χ1n) is 8.25. The maximum absolute atomic E-state index is 12.6. The van der Waals surface area contributed by atoms with Crippen LogP contribution in [-0.4, -0.2) is 20.4 Å². The minimum absolute atomic E-state index is 0.0358. The Balaban J connectivity index is 1.68. The zero-order chi connectivity index (χ0) is 17.8. The second-order valence-electron chi connectivity index (χ2n) is 6.22. The minimum Gasteiger partial charge on any atom is -0.346 e. The van der Waals surface area contributed by atoms with Crippen molar-refractivity contribution < 1.29 is 4.79 Å². The summed E-state index contributed by atoms with van der Waals surface area (Å²) >= 11 is 3.27. The molecule has 0 radical (unpaired) electrons. The largest absolute Gasteiger partial charge is 0.346 e. The lowest BCUT2D eigenvalue weighted by Crippen LogP contribution is -2.31.